The molecule has 17 heavy (non-hydrogen) atoms. The highest BCUT2D eigenvalue weighted by Crippen LogP contribution is 2.10. The van der Waals surface area contributed by atoms with E-state index in [4.69, 9.17) is 10.2 Å². The molecule has 0 saturated carbocycles. The number of nitrogens with one attached hydrogen (secondary N) is 1. The molecular formula is C11H14N4O2. The summed E-state index contributed by atoms with van der Waals surface area (Å²) in [6.07, 6.45) is 4.63. The number of hydrogen-bond acceptors (Lipinski definition) is 4. The van der Waals surface area contributed by atoms with Crippen molar-refractivity contribution in [3.63, 3.8) is 0 Å². The van der Waals surface area contributed by atoms with Crippen molar-refractivity contribution in [1.82, 2.24) is 15.1 Å². The summed E-state index contributed by atoms with van der Waals surface area (Å²) in [5.41, 5.74) is 7.39. The van der Waals surface area contributed by atoms with Gasteiger partial charge in [0.15, 0.2) is 0 Å². The molecule has 0 bridgehead atoms. The van der Waals surface area contributed by atoms with E-state index in [-0.39, 0.29) is 5.91 Å². The number of anilines is 1. The van der Waals surface area contributed by atoms with Crippen LogP contribution in [-0.4, -0.2) is 15.7 Å². The lowest BCUT2D eigenvalue weighted by Gasteiger charge is -2.06. The Balaban J connectivity index is 2.06. The zero-order valence-corrected chi connectivity index (χ0v) is 9.51. The minimum absolute atomic E-state index is 0.233. The molecule has 6 nitrogen and oxygen atoms in total. The summed E-state index contributed by atoms with van der Waals surface area (Å²) < 4.78 is 6.48. The maximum Gasteiger partial charge on any atom is 0.271 e. The average molecular weight is 234 g/mol. The van der Waals surface area contributed by atoms with Gasteiger partial charge in [0, 0.05) is 18.7 Å². The Labute approximate surface area is 98.4 Å². The van der Waals surface area contributed by atoms with Crippen molar-refractivity contribution in [1.29, 1.82) is 0 Å². The molecule has 0 aliphatic rings. The summed E-state index contributed by atoms with van der Waals surface area (Å²) in [6.45, 7) is 2.91. The highest BCUT2D eigenvalue weighted by atomic mass is 16.3. The molecule has 0 aliphatic carbocycles. The van der Waals surface area contributed by atoms with Crippen LogP contribution in [0, 0.1) is 0 Å². The molecule has 2 rings (SSSR count). The van der Waals surface area contributed by atoms with E-state index in [2.05, 4.69) is 10.4 Å². The van der Waals surface area contributed by atoms with Gasteiger partial charge in [-0.05, 0) is 13.0 Å². The van der Waals surface area contributed by atoms with Crippen LogP contribution >= 0.6 is 0 Å². The first-order chi connectivity index (χ1) is 8.22. The lowest BCUT2D eigenvalue weighted by molar-refractivity contribution is 0.0941. The van der Waals surface area contributed by atoms with Crippen LogP contribution in [0.2, 0.25) is 0 Å². The maximum absolute atomic E-state index is 11.9. The molecule has 6 heteroatoms. The Morgan fingerprint density at radius 3 is 3.12 bits per heavy atom. The highest BCUT2D eigenvalue weighted by molar-refractivity contribution is 5.97. The number of nitrogens with two attached hydrogens (primary N) is 1. The number of nitrogen functional groups attached to an aromatic ring is 1. The van der Waals surface area contributed by atoms with Crippen LogP contribution in [0.25, 0.3) is 0 Å². The third-order valence-electron chi connectivity index (χ3n) is 2.42. The minimum Gasteiger partial charge on any atom is -0.472 e. The Morgan fingerprint density at radius 2 is 2.47 bits per heavy atom. The number of carbonyl (C=O) groups is 1. The van der Waals surface area contributed by atoms with E-state index in [9.17, 15) is 4.79 Å². The van der Waals surface area contributed by atoms with Gasteiger partial charge in [-0.3, -0.25) is 9.48 Å². The van der Waals surface area contributed by atoms with Gasteiger partial charge >= 0.3 is 0 Å². The van der Waals surface area contributed by atoms with Crippen molar-refractivity contribution < 1.29 is 9.21 Å². The summed E-state index contributed by atoms with van der Waals surface area (Å²) in [4.78, 5) is 11.9. The number of amides is 1. The van der Waals surface area contributed by atoms with Crippen molar-refractivity contribution in [3.8, 4) is 0 Å². The van der Waals surface area contributed by atoms with Crippen molar-refractivity contribution >= 4 is 11.6 Å². The lowest BCUT2D eigenvalue weighted by atomic mass is 10.3. The molecule has 0 fully saturated rings. The summed E-state index contributed by atoms with van der Waals surface area (Å²) in [6, 6.07) is 1.79. The van der Waals surface area contributed by atoms with Gasteiger partial charge in [0.05, 0.1) is 24.4 Å². The molecule has 0 aliphatic heterocycles. The number of rotatable bonds is 4. The van der Waals surface area contributed by atoms with Gasteiger partial charge in [-0.2, -0.15) is 5.10 Å². The quantitative estimate of drug-likeness (QED) is 0.826. The highest BCUT2D eigenvalue weighted by Gasteiger charge is 2.15. The predicted octanol–water partition coefficient (Wildman–Crippen LogP) is 1.01. The molecule has 0 spiro atoms. The van der Waals surface area contributed by atoms with E-state index >= 15 is 0 Å². The van der Waals surface area contributed by atoms with Gasteiger partial charge in [0.25, 0.3) is 5.91 Å². The van der Waals surface area contributed by atoms with Crippen molar-refractivity contribution in [2.75, 3.05) is 5.73 Å². The largest absolute Gasteiger partial charge is 0.472 e. The van der Waals surface area contributed by atoms with Crippen molar-refractivity contribution in [3.05, 3.63) is 36.0 Å². The fraction of sp³-hybridized carbons (Fsp3) is 0.273. The molecule has 0 saturated heterocycles. The monoisotopic (exact) mass is 234 g/mol. The lowest BCUT2D eigenvalue weighted by Crippen LogP contribution is -2.26. The van der Waals surface area contributed by atoms with Gasteiger partial charge in [-0.15, -0.1) is 0 Å². The summed E-state index contributed by atoms with van der Waals surface area (Å²) in [7, 11) is 0. The Morgan fingerprint density at radius 1 is 1.65 bits per heavy atom. The smallest absolute Gasteiger partial charge is 0.271 e. The molecule has 0 radical (unpaired) electrons. The third kappa shape index (κ3) is 2.30. The molecule has 3 N–H and O–H groups in total. The van der Waals surface area contributed by atoms with Gasteiger partial charge in [-0.1, -0.05) is 0 Å². The molecule has 1 amide bonds. The van der Waals surface area contributed by atoms with E-state index in [1.807, 2.05) is 6.92 Å². The first-order valence-corrected chi connectivity index (χ1v) is 5.33. The van der Waals surface area contributed by atoms with Gasteiger partial charge in [-0.25, -0.2) is 0 Å². The third-order valence-corrected chi connectivity index (χ3v) is 2.42. The Hall–Kier alpha value is -2.24. The summed E-state index contributed by atoms with van der Waals surface area (Å²) in [5.74, 6) is -0.233. The van der Waals surface area contributed by atoms with E-state index in [0.29, 0.717) is 24.5 Å². The van der Waals surface area contributed by atoms with E-state index in [1.54, 1.807) is 23.3 Å². The average Bonchev–Trinajstić information content (AvgIpc) is 2.94. The maximum atomic E-state index is 11.9. The molecule has 2 aromatic rings. The second-order valence-electron chi connectivity index (χ2n) is 3.58. The standard InChI is InChI=1S/C11H14N4O2/c1-2-15-10(9(12)6-14-15)11(16)13-5-8-3-4-17-7-8/h3-4,6-7H,2,5,12H2,1H3,(H,13,16). The van der Waals surface area contributed by atoms with Crippen LogP contribution in [0.15, 0.2) is 29.2 Å². The first kappa shape index (κ1) is 11.3. The van der Waals surface area contributed by atoms with Crippen LogP contribution in [0.5, 0.6) is 0 Å². The van der Waals surface area contributed by atoms with Crippen molar-refractivity contribution in [2.24, 2.45) is 0 Å². The number of hydrogen-bond donors (Lipinski definition) is 2. The molecule has 0 unspecified atom stereocenters. The first-order valence-electron chi connectivity index (χ1n) is 5.33. The minimum atomic E-state index is -0.233. The summed E-state index contributed by atoms with van der Waals surface area (Å²) in [5, 5.41) is 6.78. The normalized spacial score (nSPS) is 10.4. The van der Waals surface area contributed by atoms with Crippen LogP contribution in [0.3, 0.4) is 0 Å². The van der Waals surface area contributed by atoms with Gasteiger partial charge < -0.3 is 15.5 Å². The summed E-state index contributed by atoms with van der Waals surface area (Å²) >= 11 is 0. The Kier molecular flexibility index (Phi) is 3.13. The fourth-order valence-electron chi connectivity index (χ4n) is 1.55. The van der Waals surface area contributed by atoms with Crippen LogP contribution < -0.4 is 11.1 Å². The number of aryl methyl sites for hydroxylation is 1. The molecule has 2 aromatic heterocycles. The van der Waals surface area contributed by atoms with E-state index in [0.717, 1.165) is 5.56 Å². The second kappa shape index (κ2) is 4.73. The molecule has 0 aromatic carbocycles. The number of carbonyl (C=O) groups excluding carboxylic acids is 1. The van der Waals surface area contributed by atoms with Gasteiger partial charge in [0.2, 0.25) is 0 Å². The number of aromatic nitrogens is 2. The van der Waals surface area contributed by atoms with Crippen molar-refractivity contribution in [2.45, 2.75) is 20.0 Å². The van der Waals surface area contributed by atoms with E-state index in [1.165, 1.54) is 6.20 Å². The molecule has 90 valence electrons. The molecule has 2 heterocycles. The van der Waals surface area contributed by atoms with Gasteiger partial charge in [0.1, 0.15) is 5.69 Å². The Bertz CT molecular complexity index is 502. The zero-order valence-electron chi connectivity index (χ0n) is 9.51. The predicted molar refractivity (Wildman–Crippen MR) is 62.2 cm³/mol. The topological polar surface area (TPSA) is 86.1 Å². The molecular weight excluding hydrogens is 220 g/mol. The fourth-order valence-corrected chi connectivity index (χ4v) is 1.55. The number of nitrogens with zero attached hydrogens (tertiary/aromatic N) is 2. The number of furan rings is 1. The molecule has 0 atom stereocenters. The van der Waals surface area contributed by atoms with E-state index < -0.39 is 0 Å². The zero-order chi connectivity index (χ0) is 12.3. The van der Waals surface area contributed by atoms with Crippen LogP contribution in [-0.2, 0) is 13.1 Å². The second-order valence-corrected chi connectivity index (χ2v) is 3.58. The SMILES string of the molecule is CCn1ncc(N)c1C(=O)NCc1ccoc1. The van der Waals surface area contributed by atoms with Crippen LogP contribution in [0.1, 0.15) is 23.0 Å². The van der Waals surface area contributed by atoms with Crippen LogP contribution in [0.4, 0.5) is 5.69 Å².